The van der Waals surface area contributed by atoms with E-state index < -0.39 is 25.1 Å². The lowest BCUT2D eigenvalue weighted by Gasteiger charge is -2.18. The molecular formula is C17H22N2O4S2. The average molecular weight is 383 g/mol. The van der Waals surface area contributed by atoms with Crippen molar-refractivity contribution in [2.45, 2.75) is 29.9 Å². The first-order chi connectivity index (χ1) is 11.6. The summed E-state index contributed by atoms with van der Waals surface area (Å²) >= 11 is 0. The second kappa shape index (κ2) is 7.63. The Labute approximate surface area is 149 Å². The molecule has 0 aliphatic heterocycles. The molecule has 6 nitrogen and oxygen atoms in total. The van der Waals surface area contributed by atoms with Gasteiger partial charge in [0.15, 0.2) is 9.84 Å². The average Bonchev–Trinajstić information content (AvgIpc) is 2.55. The molecule has 0 aliphatic rings. The fraction of sp³-hybridized carbons (Fsp3) is 0.353. The zero-order valence-electron chi connectivity index (χ0n) is 14.4. The predicted molar refractivity (Wildman–Crippen MR) is 97.5 cm³/mol. The number of aromatic nitrogens is 1. The minimum Gasteiger partial charge on any atom is -0.264 e. The van der Waals surface area contributed by atoms with E-state index in [1.807, 2.05) is 13.8 Å². The van der Waals surface area contributed by atoms with Crippen LogP contribution in [0.4, 0.5) is 0 Å². The third kappa shape index (κ3) is 5.10. The van der Waals surface area contributed by atoms with Crippen molar-refractivity contribution in [3.05, 3.63) is 59.9 Å². The van der Waals surface area contributed by atoms with Gasteiger partial charge in [0.25, 0.3) is 0 Å². The molecule has 0 radical (unpaired) electrons. The normalized spacial score (nSPS) is 13.8. The monoisotopic (exact) mass is 382 g/mol. The van der Waals surface area contributed by atoms with Crippen LogP contribution in [0.1, 0.15) is 36.1 Å². The van der Waals surface area contributed by atoms with Gasteiger partial charge >= 0.3 is 0 Å². The van der Waals surface area contributed by atoms with E-state index >= 15 is 0 Å². The summed E-state index contributed by atoms with van der Waals surface area (Å²) in [4.78, 5) is 4.11. The van der Waals surface area contributed by atoms with E-state index in [9.17, 15) is 16.8 Å². The van der Waals surface area contributed by atoms with Crippen LogP contribution in [0.2, 0.25) is 0 Å². The molecule has 0 fully saturated rings. The molecule has 0 amide bonds. The van der Waals surface area contributed by atoms with Crippen molar-refractivity contribution in [3.63, 3.8) is 0 Å². The molecule has 2 aromatic rings. The second-order valence-corrected chi connectivity index (χ2v) is 10.1. The molecule has 1 aromatic heterocycles. The summed E-state index contributed by atoms with van der Waals surface area (Å²) in [6.45, 7) is 3.80. The molecule has 1 heterocycles. The van der Waals surface area contributed by atoms with Gasteiger partial charge in [-0.1, -0.05) is 32.0 Å². The zero-order chi connectivity index (χ0) is 18.7. The van der Waals surface area contributed by atoms with E-state index in [0.29, 0.717) is 5.56 Å². The first-order valence-electron chi connectivity index (χ1n) is 7.79. The van der Waals surface area contributed by atoms with Crippen LogP contribution < -0.4 is 4.72 Å². The lowest BCUT2D eigenvalue weighted by molar-refractivity contribution is 0.571. The van der Waals surface area contributed by atoms with Gasteiger partial charge in [-0.25, -0.2) is 21.6 Å². The molecule has 0 saturated carbocycles. The topological polar surface area (TPSA) is 93.2 Å². The fourth-order valence-electron chi connectivity index (χ4n) is 2.41. The third-order valence-corrected chi connectivity index (χ3v) is 6.65. The molecule has 0 aliphatic carbocycles. The van der Waals surface area contributed by atoms with Gasteiger partial charge in [-0.05, 0) is 35.2 Å². The number of nitrogens with zero attached hydrogens (tertiary/aromatic N) is 1. The highest BCUT2D eigenvalue weighted by Gasteiger charge is 2.30. The van der Waals surface area contributed by atoms with Crippen LogP contribution in [0, 0.1) is 0 Å². The van der Waals surface area contributed by atoms with Gasteiger partial charge in [0.1, 0.15) is 5.25 Å². The molecule has 0 spiro atoms. The molecule has 0 bridgehead atoms. The number of nitrogens with one attached hydrogen (secondary N) is 1. The number of benzene rings is 1. The van der Waals surface area contributed by atoms with Crippen molar-refractivity contribution in [1.82, 2.24) is 9.71 Å². The standard InChI is InChI=1S/C17H22N2O4S2/c1-13(2)14-6-8-16(9-7-14)25(22,23)17(12-19-24(3,20)21)15-5-4-10-18-11-15/h4-11,13,17,19H,12H2,1-3H3/t17-/m0/s1. The van der Waals surface area contributed by atoms with E-state index in [0.717, 1.165) is 11.8 Å². The molecular weight excluding hydrogens is 360 g/mol. The summed E-state index contributed by atoms with van der Waals surface area (Å²) in [5.74, 6) is 0.290. The Morgan fingerprint density at radius 1 is 1.00 bits per heavy atom. The first kappa shape index (κ1) is 19.6. The lowest BCUT2D eigenvalue weighted by Crippen LogP contribution is -2.31. The van der Waals surface area contributed by atoms with Gasteiger partial charge in [0.2, 0.25) is 10.0 Å². The number of hydrogen-bond acceptors (Lipinski definition) is 5. The molecule has 2 rings (SSSR count). The van der Waals surface area contributed by atoms with E-state index in [-0.39, 0.29) is 17.4 Å². The van der Waals surface area contributed by atoms with Crippen molar-refractivity contribution >= 4 is 19.9 Å². The van der Waals surface area contributed by atoms with Gasteiger partial charge in [-0.2, -0.15) is 0 Å². The van der Waals surface area contributed by atoms with Crippen LogP contribution >= 0.6 is 0 Å². The van der Waals surface area contributed by atoms with Crippen LogP contribution in [-0.2, 0) is 19.9 Å². The Bertz CT molecular complexity index is 907. The number of rotatable bonds is 7. The van der Waals surface area contributed by atoms with Gasteiger partial charge in [0, 0.05) is 18.9 Å². The van der Waals surface area contributed by atoms with Crippen molar-refractivity contribution in [3.8, 4) is 0 Å². The summed E-state index contributed by atoms with van der Waals surface area (Å²) in [5.41, 5.74) is 1.47. The largest absolute Gasteiger partial charge is 0.264 e. The molecule has 0 saturated heterocycles. The Balaban J connectivity index is 2.43. The second-order valence-electron chi connectivity index (χ2n) is 6.16. The molecule has 25 heavy (non-hydrogen) atoms. The maximum absolute atomic E-state index is 13.1. The van der Waals surface area contributed by atoms with E-state index in [1.54, 1.807) is 36.4 Å². The SMILES string of the molecule is CC(C)c1ccc(S(=O)(=O)[C@@H](CNS(C)(=O)=O)c2cccnc2)cc1. The summed E-state index contributed by atoms with van der Waals surface area (Å²) in [5, 5.41) is -1.05. The number of sulfone groups is 1. The van der Waals surface area contributed by atoms with E-state index in [1.165, 1.54) is 12.4 Å². The van der Waals surface area contributed by atoms with Crippen LogP contribution in [0.25, 0.3) is 0 Å². The Hall–Kier alpha value is -1.77. The molecule has 136 valence electrons. The molecule has 1 N–H and O–H groups in total. The van der Waals surface area contributed by atoms with Crippen LogP contribution in [0.15, 0.2) is 53.7 Å². The summed E-state index contributed by atoms with van der Waals surface area (Å²) < 4.78 is 51.3. The summed E-state index contributed by atoms with van der Waals surface area (Å²) in [7, 11) is -7.31. The number of hydrogen-bond donors (Lipinski definition) is 1. The minimum absolute atomic E-state index is 0.154. The molecule has 8 heteroatoms. The smallest absolute Gasteiger partial charge is 0.208 e. The highest BCUT2D eigenvalue weighted by molar-refractivity contribution is 7.92. The van der Waals surface area contributed by atoms with Crippen LogP contribution in [0.3, 0.4) is 0 Å². The van der Waals surface area contributed by atoms with Crippen molar-refractivity contribution < 1.29 is 16.8 Å². The maximum atomic E-state index is 13.1. The summed E-state index contributed by atoms with van der Waals surface area (Å²) in [6, 6.07) is 9.94. The summed E-state index contributed by atoms with van der Waals surface area (Å²) in [6.07, 6.45) is 3.97. The Kier molecular flexibility index (Phi) is 5.97. The van der Waals surface area contributed by atoms with Crippen molar-refractivity contribution in [2.24, 2.45) is 0 Å². The van der Waals surface area contributed by atoms with Crippen molar-refractivity contribution in [2.75, 3.05) is 12.8 Å². The van der Waals surface area contributed by atoms with Gasteiger partial charge < -0.3 is 0 Å². The molecule has 1 atom stereocenters. The number of pyridine rings is 1. The Morgan fingerprint density at radius 3 is 2.12 bits per heavy atom. The van der Waals surface area contributed by atoms with Crippen molar-refractivity contribution in [1.29, 1.82) is 0 Å². The van der Waals surface area contributed by atoms with Gasteiger partial charge in [0.05, 0.1) is 11.2 Å². The quantitative estimate of drug-likeness (QED) is 0.793. The minimum atomic E-state index is -3.79. The van der Waals surface area contributed by atoms with Crippen LogP contribution in [-0.4, -0.2) is 34.6 Å². The lowest BCUT2D eigenvalue weighted by atomic mass is 10.0. The molecule has 0 unspecified atom stereocenters. The predicted octanol–water partition coefficient (Wildman–Crippen LogP) is 2.27. The maximum Gasteiger partial charge on any atom is 0.208 e. The van der Waals surface area contributed by atoms with E-state index in [2.05, 4.69) is 9.71 Å². The van der Waals surface area contributed by atoms with E-state index in [4.69, 9.17) is 0 Å². The highest BCUT2D eigenvalue weighted by Crippen LogP contribution is 2.29. The highest BCUT2D eigenvalue weighted by atomic mass is 32.2. The Morgan fingerprint density at radius 2 is 1.64 bits per heavy atom. The molecule has 1 aromatic carbocycles. The van der Waals surface area contributed by atoms with Gasteiger partial charge in [-0.3, -0.25) is 4.98 Å². The third-order valence-electron chi connectivity index (χ3n) is 3.84. The first-order valence-corrected chi connectivity index (χ1v) is 11.2. The van der Waals surface area contributed by atoms with Crippen LogP contribution in [0.5, 0.6) is 0 Å². The zero-order valence-corrected chi connectivity index (χ0v) is 16.0. The van der Waals surface area contributed by atoms with Gasteiger partial charge in [-0.15, -0.1) is 0 Å². The fourth-order valence-corrected chi connectivity index (χ4v) is 4.63. The number of sulfonamides is 1.